The second-order valence-electron chi connectivity index (χ2n) is 10.6. The number of hydrogen-bond donors (Lipinski definition) is 3. The van der Waals surface area contributed by atoms with E-state index in [4.69, 9.17) is 22.1 Å². The molecule has 3 aromatic rings. The first-order chi connectivity index (χ1) is 19.8. The van der Waals surface area contributed by atoms with E-state index >= 15 is 0 Å². The lowest BCUT2D eigenvalue weighted by atomic mass is 9.95. The van der Waals surface area contributed by atoms with Gasteiger partial charge in [-0.3, -0.25) is 14.6 Å². The average Bonchev–Trinajstić information content (AvgIpc) is 3.47. The van der Waals surface area contributed by atoms with Gasteiger partial charge in [0.15, 0.2) is 0 Å². The van der Waals surface area contributed by atoms with Gasteiger partial charge in [0.05, 0.1) is 36.1 Å². The van der Waals surface area contributed by atoms with Gasteiger partial charge in [0.1, 0.15) is 0 Å². The Hall–Kier alpha value is -4.11. The molecule has 0 saturated carbocycles. The summed E-state index contributed by atoms with van der Waals surface area (Å²) in [6.07, 6.45) is 4.62. The summed E-state index contributed by atoms with van der Waals surface area (Å²) in [5.74, 6) is -0.414. The molecule has 0 radical (unpaired) electrons. The van der Waals surface area contributed by atoms with Crippen molar-refractivity contribution in [3.8, 4) is 11.1 Å². The number of methoxy groups -OCH3 is 1. The largest absolute Gasteiger partial charge is 0.469 e. The van der Waals surface area contributed by atoms with Crippen molar-refractivity contribution in [1.82, 2.24) is 10.3 Å². The van der Waals surface area contributed by atoms with Crippen LogP contribution in [0.5, 0.6) is 0 Å². The summed E-state index contributed by atoms with van der Waals surface area (Å²) in [7, 11) is 1.45. The highest BCUT2D eigenvalue weighted by Crippen LogP contribution is 2.35. The van der Waals surface area contributed by atoms with Crippen molar-refractivity contribution in [2.24, 2.45) is 22.6 Å². The molecule has 2 bridgehead atoms. The summed E-state index contributed by atoms with van der Waals surface area (Å²) in [6, 6.07) is 16.9. The van der Waals surface area contributed by atoms with Crippen molar-refractivity contribution in [1.29, 1.82) is 0 Å². The Kier molecular flexibility index (Phi) is 8.73. The summed E-state index contributed by atoms with van der Waals surface area (Å²) in [4.78, 5) is 37.7. The second-order valence-corrected chi connectivity index (χ2v) is 11.1. The first kappa shape index (κ1) is 28.4. The lowest BCUT2D eigenvalue weighted by molar-refractivity contribution is -0.125. The first-order valence-corrected chi connectivity index (χ1v) is 14.3. The van der Waals surface area contributed by atoms with Crippen LogP contribution in [0.3, 0.4) is 0 Å². The predicted octanol–water partition coefficient (Wildman–Crippen LogP) is 5.44. The molecule has 4 N–H and O–H groups in total. The number of amidine groups is 1. The fourth-order valence-electron chi connectivity index (χ4n) is 5.42. The number of fused-ring (bicyclic) bond motifs is 4. The fourth-order valence-corrected chi connectivity index (χ4v) is 5.60. The van der Waals surface area contributed by atoms with Gasteiger partial charge in [-0.2, -0.15) is 4.99 Å². The van der Waals surface area contributed by atoms with Crippen LogP contribution in [0.25, 0.3) is 11.1 Å². The van der Waals surface area contributed by atoms with Gasteiger partial charge in [0.2, 0.25) is 11.8 Å². The van der Waals surface area contributed by atoms with Gasteiger partial charge in [-0.15, -0.1) is 0 Å². The Labute approximate surface area is 245 Å². The van der Waals surface area contributed by atoms with Gasteiger partial charge in [0.25, 0.3) is 6.02 Å². The van der Waals surface area contributed by atoms with Crippen LogP contribution in [0.4, 0.5) is 17.1 Å². The van der Waals surface area contributed by atoms with Crippen LogP contribution >= 0.6 is 11.6 Å². The average molecular weight is 575 g/mol. The van der Waals surface area contributed by atoms with E-state index in [0.29, 0.717) is 35.8 Å². The quantitative estimate of drug-likeness (QED) is 0.282. The monoisotopic (exact) mass is 574 g/mol. The number of nitrogens with one attached hydrogen (secondary N) is 2. The lowest BCUT2D eigenvalue weighted by Gasteiger charge is -2.24. The van der Waals surface area contributed by atoms with Crippen molar-refractivity contribution in [3.63, 3.8) is 0 Å². The Morgan fingerprint density at radius 1 is 1.17 bits per heavy atom. The third kappa shape index (κ3) is 6.79. The number of nitrogens with zero attached hydrogens (tertiary/aromatic N) is 3. The van der Waals surface area contributed by atoms with E-state index in [1.54, 1.807) is 12.3 Å². The standard InChI is InChI=1S/C31H35ClN6O3/c1-19-5-3-8-26(36-30(40)21-12-14-38(18-21)24-7-4-6-22(32)16-24)28-15-20(11-13-34-28)25-10-9-23(35-31(33)41-2)17-27(25)37-29(19)39/h4,6-7,9-11,13,15-17,19,21,26H,3,5,8,12,14,18H2,1-2H3,(H2,33,35)(H,36,40)(H,37,39)/t19-,21?,26+/m1/s1. The minimum absolute atomic E-state index is 0.0169. The molecule has 3 heterocycles. The third-order valence-corrected chi connectivity index (χ3v) is 8.02. The highest BCUT2D eigenvalue weighted by atomic mass is 35.5. The Balaban J connectivity index is 1.41. The van der Waals surface area contributed by atoms with Crippen LogP contribution in [0.1, 0.15) is 44.3 Å². The predicted molar refractivity (Wildman–Crippen MR) is 162 cm³/mol. The maximum absolute atomic E-state index is 13.5. The number of halogens is 1. The maximum atomic E-state index is 13.5. The molecule has 2 aromatic carbocycles. The normalized spacial score (nSPS) is 21.2. The Morgan fingerprint density at radius 2 is 2.02 bits per heavy atom. The molecule has 0 spiro atoms. The van der Waals surface area contributed by atoms with E-state index in [1.165, 1.54) is 7.11 Å². The number of benzene rings is 2. The molecule has 9 nitrogen and oxygen atoms in total. The van der Waals surface area contributed by atoms with Crippen LogP contribution in [0, 0.1) is 11.8 Å². The molecule has 41 heavy (non-hydrogen) atoms. The van der Waals surface area contributed by atoms with Crippen LogP contribution in [-0.2, 0) is 14.3 Å². The van der Waals surface area contributed by atoms with Gasteiger partial charge < -0.3 is 26.0 Å². The van der Waals surface area contributed by atoms with Crippen molar-refractivity contribution in [2.75, 3.05) is 30.4 Å². The van der Waals surface area contributed by atoms with E-state index in [2.05, 4.69) is 25.5 Å². The fraction of sp³-hybridized carbons (Fsp3) is 0.355. The molecule has 2 aliphatic heterocycles. The molecule has 5 rings (SSSR count). The molecule has 3 atom stereocenters. The van der Waals surface area contributed by atoms with Crippen LogP contribution in [-0.4, -0.2) is 43.0 Å². The number of carbonyl (C=O) groups excluding carboxylic acids is 2. The topological polar surface area (TPSA) is 122 Å². The molecule has 214 valence electrons. The number of hydrogen-bond acceptors (Lipinski definition) is 6. The van der Waals surface area contributed by atoms with E-state index < -0.39 is 0 Å². The maximum Gasteiger partial charge on any atom is 0.286 e. The zero-order chi connectivity index (χ0) is 28.9. The van der Waals surface area contributed by atoms with Gasteiger partial charge >= 0.3 is 0 Å². The van der Waals surface area contributed by atoms with Crippen LogP contribution in [0.2, 0.25) is 5.02 Å². The number of aromatic nitrogens is 1. The highest BCUT2D eigenvalue weighted by Gasteiger charge is 2.31. The van der Waals surface area contributed by atoms with Crippen molar-refractivity contribution < 1.29 is 14.3 Å². The molecule has 1 unspecified atom stereocenters. The van der Waals surface area contributed by atoms with E-state index in [1.807, 2.05) is 55.5 Å². The van der Waals surface area contributed by atoms with Crippen molar-refractivity contribution in [3.05, 3.63) is 71.5 Å². The summed E-state index contributed by atoms with van der Waals surface area (Å²) in [5, 5.41) is 7.05. The number of rotatable bonds is 4. The molecule has 0 aliphatic carbocycles. The molecule has 1 aromatic heterocycles. The number of nitrogens with two attached hydrogens (primary N) is 1. The number of pyridine rings is 1. The zero-order valence-electron chi connectivity index (χ0n) is 23.3. The van der Waals surface area contributed by atoms with Gasteiger partial charge in [-0.25, -0.2) is 0 Å². The summed E-state index contributed by atoms with van der Waals surface area (Å²) < 4.78 is 4.99. The zero-order valence-corrected chi connectivity index (χ0v) is 24.0. The SMILES string of the molecule is COC(N)=Nc1ccc2c(c1)NC(=O)[C@H](C)CCC[C@H](NC(=O)C1CCN(c3cccc(Cl)c3)C1)c1cc-2ccn1. The Bertz CT molecular complexity index is 1460. The van der Waals surface area contributed by atoms with Crippen LogP contribution in [0.15, 0.2) is 65.8 Å². The molecular formula is C31H35ClN6O3. The highest BCUT2D eigenvalue weighted by molar-refractivity contribution is 6.30. The molecule has 10 heteroatoms. The lowest BCUT2D eigenvalue weighted by Crippen LogP contribution is -2.36. The Morgan fingerprint density at radius 3 is 2.83 bits per heavy atom. The number of carbonyl (C=O) groups is 2. The molecule has 1 saturated heterocycles. The molecular weight excluding hydrogens is 540 g/mol. The summed E-state index contributed by atoms with van der Waals surface area (Å²) in [5.41, 5.74) is 10.4. The van der Waals surface area contributed by atoms with Crippen molar-refractivity contribution in [2.45, 2.75) is 38.6 Å². The van der Waals surface area contributed by atoms with Crippen molar-refractivity contribution >= 4 is 46.5 Å². The molecule has 2 aliphatic rings. The summed E-state index contributed by atoms with van der Waals surface area (Å²) >= 11 is 6.19. The molecule has 2 amide bonds. The minimum Gasteiger partial charge on any atom is -0.469 e. The third-order valence-electron chi connectivity index (χ3n) is 7.78. The van der Waals surface area contributed by atoms with Gasteiger partial charge in [0, 0.05) is 41.5 Å². The number of anilines is 2. The van der Waals surface area contributed by atoms with E-state index in [0.717, 1.165) is 41.9 Å². The van der Waals surface area contributed by atoms with Gasteiger partial charge in [-0.05, 0) is 67.3 Å². The van der Waals surface area contributed by atoms with Crippen LogP contribution < -0.4 is 21.3 Å². The minimum atomic E-state index is -0.272. The van der Waals surface area contributed by atoms with E-state index in [-0.39, 0.29) is 35.7 Å². The first-order valence-electron chi connectivity index (χ1n) is 13.9. The summed E-state index contributed by atoms with van der Waals surface area (Å²) in [6.45, 7) is 3.34. The smallest absolute Gasteiger partial charge is 0.286 e. The van der Waals surface area contributed by atoms with E-state index in [9.17, 15) is 9.59 Å². The molecule has 1 fully saturated rings. The second kappa shape index (κ2) is 12.6. The number of ether oxygens (including phenoxy) is 1. The number of aliphatic imine (C=N–C) groups is 1. The number of amides is 2. The van der Waals surface area contributed by atoms with Gasteiger partial charge in [-0.1, -0.05) is 37.1 Å².